The number of nitrogens with one attached hydrogen (secondary N) is 1. The van der Waals surface area contributed by atoms with Gasteiger partial charge in [0.2, 0.25) is 0 Å². The van der Waals surface area contributed by atoms with Crippen molar-refractivity contribution in [1.29, 1.82) is 0 Å². The summed E-state index contributed by atoms with van der Waals surface area (Å²) < 4.78 is 11.0. The molecule has 174 valence electrons. The molecular formula is C28H28N2O4. The van der Waals surface area contributed by atoms with E-state index in [2.05, 4.69) is 5.32 Å². The highest BCUT2D eigenvalue weighted by Gasteiger charge is 2.40. The first-order chi connectivity index (χ1) is 16.4. The molecule has 6 nitrogen and oxygen atoms in total. The van der Waals surface area contributed by atoms with E-state index in [-0.39, 0.29) is 11.6 Å². The Kier molecular flexibility index (Phi) is 6.68. The molecule has 0 spiro atoms. The number of imide groups is 1. The third-order valence-corrected chi connectivity index (χ3v) is 5.64. The van der Waals surface area contributed by atoms with Gasteiger partial charge in [0.25, 0.3) is 11.8 Å². The van der Waals surface area contributed by atoms with E-state index in [1.165, 1.54) is 4.90 Å². The summed E-state index contributed by atoms with van der Waals surface area (Å²) in [5, 5.41) is 3.19. The maximum absolute atomic E-state index is 13.7. The number of hydrogen-bond acceptors (Lipinski definition) is 5. The monoisotopic (exact) mass is 456 g/mol. The lowest BCUT2D eigenvalue weighted by Gasteiger charge is -2.17. The molecule has 3 aromatic carbocycles. The maximum Gasteiger partial charge on any atom is 0.282 e. The molecular weight excluding hydrogens is 428 g/mol. The molecule has 0 atom stereocenters. The van der Waals surface area contributed by atoms with Gasteiger partial charge >= 0.3 is 0 Å². The number of benzene rings is 3. The molecule has 0 fully saturated rings. The third kappa shape index (κ3) is 4.53. The summed E-state index contributed by atoms with van der Waals surface area (Å²) in [6.07, 6.45) is 0.861. The van der Waals surface area contributed by atoms with Crippen LogP contribution in [0, 0.1) is 13.8 Å². The predicted octanol–water partition coefficient (Wildman–Crippen LogP) is 5.50. The van der Waals surface area contributed by atoms with Gasteiger partial charge < -0.3 is 14.8 Å². The number of carbonyl (C=O) groups is 2. The second-order valence-corrected chi connectivity index (χ2v) is 8.21. The van der Waals surface area contributed by atoms with Crippen LogP contribution in [0.3, 0.4) is 0 Å². The van der Waals surface area contributed by atoms with E-state index >= 15 is 0 Å². The molecule has 0 aliphatic carbocycles. The van der Waals surface area contributed by atoms with E-state index in [1.807, 2.05) is 57.2 Å². The summed E-state index contributed by atoms with van der Waals surface area (Å²) in [6, 6.07) is 20.1. The third-order valence-electron chi connectivity index (χ3n) is 5.64. The van der Waals surface area contributed by atoms with Crippen molar-refractivity contribution >= 4 is 28.8 Å². The van der Waals surface area contributed by atoms with Gasteiger partial charge in [0.05, 0.1) is 25.0 Å². The number of amides is 2. The molecule has 2 amide bonds. The second kappa shape index (κ2) is 9.83. The van der Waals surface area contributed by atoms with E-state index in [0.29, 0.717) is 35.1 Å². The molecule has 1 aliphatic heterocycles. The van der Waals surface area contributed by atoms with Gasteiger partial charge in [0.15, 0.2) is 0 Å². The lowest BCUT2D eigenvalue weighted by Crippen LogP contribution is -2.32. The standard InChI is InChI=1S/C28H28N2O4/c1-5-15-34-23-8-6-7-21(17-23)30-27(31)25(24-14-9-18(2)16-19(24)3)26(28(30)32)29-20-10-12-22(33-4)13-11-20/h6-14,16-17,29H,5,15H2,1-4H3. The molecule has 0 unspecified atom stereocenters. The van der Waals surface area contributed by atoms with Gasteiger partial charge in [-0.05, 0) is 67.8 Å². The first-order valence-electron chi connectivity index (χ1n) is 11.3. The highest BCUT2D eigenvalue weighted by atomic mass is 16.5. The van der Waals surface area contributed by atoms with Gasteiger partial charge in [0.1, 0.15) is 17.2 Å². The minimum atomic E-state index is -0.413. The Hall–Kier alpha value is -4.06. The van der Waals surface area contributed by atoms with Crippen molar-refractivity contribution in [1.82, 2.24) is 0 Å². The zero-order valence-corrected chi connectivity index (χ0v) is 19.8. The molecule has 0 saturated carbocycles. The number of anilines is 2. The molecule has 0 radical (unpaired) electrons. The molecule has 0 saturated heterocycles. The van der Waals surface area contributed by atoms with Crippen molar-refractivity contribution in [2.45, 2.75) is 27.2 Å². The molecule has 1 heterocycles. The number of carbonyl (C=O) groups excluding carboxylic acids is 2. The fourth-order valence-electron chi connectivity index (χ4n) is 3.98. The molecule has 6 heteroatoms. The fourth-order valence-corrected chi connectivity index (χ4v) is 3.98. The Morgan fingerprint density at radius 3 is 2.32 bits per heavy atom. The molecule has 34 heavy (non-hydrogen) atoms. The van der Waals surface area contributed by atoms with Gasteiger partial charge in [0, 0.05) is 11.8 Å². The average molecular weight is 457 g/mol. The van der Waals surface area contributed by atoms with E-state index < -0.39 is 5.91 Å². The van der Waals surface area contributed by atoms with Crippen LogP contribution < -0.4 is 19.7 Å². The summed E-state index contributed by atoms with van der Waals surface area (Å²) in [6.45, 7) is 6.52. The number of rotatable bonds is 8. The zero-order chi connectivity index (χ0) is 24.2. The van der Waals surface area contributed by atoms with Crippen LogP contribution in [-0.2, 0) is 9.59 Å². The highest BCUT2D eigenvalue weighted by molar-refractivity contribution is 6.46. The van der Waals surface area contributed by atoms with Gasteiger partial charge in [-0.25, -0.2) is 4.90 Å². The molecule has 0 aromatic heterocycles. The van der Waals surface area contributed by atoms with Crippen LogP contribution in [0.4, 0.5) is 11.4 Å². The van der Waals surface area contributed by atoms with Crippen LogP contribution in [-0.4, -0.2) is 25.5 Å². The predicted molar refractivity (Wildman–Crippen MR) is 134 cm³/mol. The summed E-state index contributed by atoms with van der Waals surface area (Å²) in [4.78, 5) is 28.6. The van der Waals surface area contributed by atoms with Gasteiger partial charge in [-0.3, -0.25) is 9.59 Å². The molecule has 1 N–H and O–H groups in total. The van der Waals surface area contributed by atoms with Crippen molar-refractivity contribution in [3.05, 3.63) is 89.1 Å². The van der Waals surface area contributed by atoms with Gasteiger partial charge in [-0.15, -0.1) is 0 Å². The maximum atomic E-state index is 13.7. The number of aryl methyl sites for hydroxylation is 2. The molecule has 1 aliphatic rings. The van der Waals surface area contributed by atoms with Gasteiger partial charge in [-0.2, -0.15) is 0 Å². The Balaban J connectivity index is 1.78. The van der Waals surface area contributed by atoms with E-state index in [4.69, 9.17) is 9.47 Å². The quantitative estimate of drug-likeness (QED) is 0.454. The summed E-state index contributed by atoms with van der Waals surface area (Å²) in [5.74, 6) is 0.530. The SMILES string of the molecule is CCCOc1cccc(N2C(=O)C(Nc3ccc(OC)cc3)=C(c3ccc(C)cc3C)C2=O)c1. The van der Waals surface area contributed by atoms with Crippen molar-refractivity contribution < 1.29 is 19.1 Å². The van der Waals surface area contributed by atoms with Crippen LogP contribution in [0.5, 0.6) is 11.5 Å². The number of nitrogens with zero attached hydrogens (tertiary/aromatic N) is 1. The van der Waals surface area contributed by atoms with Crippen molar-refractivity contribution in [2.75, 3.05) is 23.9 Å². The first kappa shape index (κ1) is 23.1. The van der Waals surface area contributed by atoms with Crippen molar-refractivity contribution in [3.63, 3.8) is 0 Å². The zero-order valence-electron chi connectivity index (χ0n) is 19.8. The van der Waals surface area contributed by atoms with Crippen molar-refractivity contribution in [3.8, 4) is 11.5 Å². The first-order valence-corrected chi connectivity index (χ1v) is 11.3. The number of methoxy groups -OCH3 is 1. The fraction of sp³-hybridized carbons (Fsp3) is 0.214. The minimum absolute atomic E-state index is 0.238. The van der Waals surface area contributed by atoms with E-state index in [1.54, 1.807) is 37.4 Å². The Morgan fingerprint density at radius 2 is 1.65 bits per heavy atom. The summed E-state index contributed by atoms with van der Waals surface area (Å²) >= 11 is 0. The molecule has 4 rings (SSSR count). The highest BCUT2D eigenvalue weighted by Crippen LogP contribution is 2.36. The smallest absolute Gasteiger partial charge is 0.282 e. The Bertz CT molecular complexity index is 1260. The normalized spacial score (nSPS) is 13.5. The van der Waals surface area contributed by atoms with Crippen LogP contribution in [0.1, 0.15) is 30.0 Å². The van der Waals surface area contributed by atoms with E-state index in [0.717, 1.165) is 23.1 Å². The van der Waals surface area contributed by atoms with Crippen LogP contribution in [0.2, 0.25) is 0 Å². The molecule has 3 aromatic rings. The topological polar surface area (TPSA) is 67.9 Å². The van der Waals surface area contributed by atoms with Crippen LogP contribution in [0.15, 0.2) is 72.4 Å². The lowest BCUT2D eigenvalue weighted by atomic mass is 9.97. The Morgan fingerprint density at radius 1 is 0.882 bits per heavy atom. The van der Waals surface area contributed by atoms with E-state index in [9.17, 15) is 9.59 Å². The summed E-state index contributed by atoms with van der Waals surface area (Å²) in [7, 11) is 1.60. The number of ether oxygens (including phenoxy) is 2. The molecule has 0 bridgehead atoms. The minimum Gasteiger partial charge on any atom is -0.497 e. The number of hydrogen-bond donors (Lipinski definition) is 1. The van der Waals surface area contributed by atoms with Crippen LogP contribution >= 0.6 is 0 Å². The van der Waals surface area contributed by atoms with Crippen LogP contribution in [0.25, 0.3) is 5.57 Å². The Labute approximate surface area is 199 Å². The van der Waals surface area contributed by atoms with Crippen molar-refractivity contribution in [2.24, 2.45) is 0 Å². The lowest BCUT2D eigenvalue weighted by molar-refractivity contribution is -0.120. The average Bonchev–Trinajstić information content (AvgIpc) is 3.07. The largest absolute Gasteiger partial charge is 0.497 e. The second-order valence-electron chi connectivity index (χ2n) is 8.21. The summed E-state index contributed by atoms with van der Waals surface area (Å²) in [5.41, 5.74) is 4.47. The van der Waals surface area contributed by atoms with Gasteiger partial charge in [-0.1, -0.05) is 36.8 Å².